The molecule has 146 valence electrons. The van der Waals surface area contributed by atoms with Gasteiger partial charge in [-0.25, -0.2) is 4.68 Å². The summed E-state index contributed by atoms with van der Waals surface area (Å²) in [6, 6.07) is 0. The fourth-order valence-electron chi connectivity index (χ4n) is 5.08. The van der Waals surface area contributed by atoms with Crippen LogP contribution in [0.5, 0.6) is 0 Å². The van der Waals surface area contributed by atoms with Crippen LogP contribution in [0.15, 0.2) is 6.20 Å². The molecular weight excluding hydrogens is 351 g/mol. The summed E-state index contributed by atoms with van der Waals surface area (Å²) >= 11 is 0. The van der Waals surface area contributed by atoms with Crippen LogP contribution in [0.4, 0.5) is 13.2 Å². The molecular formula is C17H24F3N3O3. The topological polar surface area (TPSA) is 69.4 Å². The Labute approximate surface area is 149 Å². The van der Waals surface area contributed by atoms with Crippen molar-refractivity contribution in [3.63, 3.8) is 0 Å². The van der Waals surface area contributed by atoms with Gasteiger partial charge in [-0.1, -0.05) is 5.21 Å². The molecule has 6 unspecified atom stereocenters. The smallest absolute Gasteiger partial charge is 0.388 e. The van der Waals surface area contributed by atoms with Crippen molar-refractivity contribution in [1.29, 1.82) is 0 Å². The molecule has 0 aromatic carbocycles. The average molecular weight is 375 g/mol. The van der Waals surface area contributed by atoms with Gasteiger partial charge >= 0.3 is 6.18 Å². The molecule has 1 aromatic rings. The standard InChI is InChI=1S/C17H24F3N3O3/c1-25-15-14(24)5-4-13(26-15)7-12-9-23(22-21-12)16(17(18,19)20)8-10-2-3-11(16)6-10/h9-11,13-15,24H,2-8H2,1H3. The van der Waals surface area contributed by atoms with Crippen LogP contribution < -0.4 is 0 Å². The number of hydrogen-bond acceptors (Lipinski definition) is 5. The number of alkyl halides is 3. The van der Waals surface area contributed by atoms with E-state index in [-0.39, 0.29) is 18.4 Å². The van der Waals surface area contributed by atoms with Gasteiger partial charge in [0.1, 0.15) is 6.10 Å². The second-order valence-corrected chi connectivity index (χ2v) is 7.87. The molecule has 6 atom stereocenters. The molecule has 3 fully saturated rings. The molecule has 0 amide bonds. The zero-order valence-corrected chi connectivity index (χ0v) is 14.7. The van der Waals surface area contributed by atoms with Crippen molar-refractivity contribution in [3.05, 3.63) is 11.9 Å². The molecule has 1 saturated heterocycles. The molecule has 1 aromatic heterocycles. The second-order valence-electron chi connectivity index (χ2n) is 7.87. The summed E-state index contributed by atoms with van der Waals surface area (Å²) in [6.45, 7) is 0. The van der Waals surface area contributed by atoms with E-state index in [1.807, 2.05) is 0 Å². The zero-order valence-electron chi connectivity index (χ0n) is 14.7. The Kier molecular flexibility index (Phi) is 4.51. The van der Waals surface area contributed by atoms with Gasteiger partial charge < -0.3 is 14.6 Å². The van der Waals surface area contributed by atoms with Gasteiger partial charge in [-0.3, -0.25) is 0 Å². The average Bonchev–Trinajstić information content (AvgIpc) is 3.31. The Morgan fingerprint density at radius 3 is 2.77 bits per heavy atom. The van der Waals surface area contributed by atoms with Crippen LogP contribution in [0.25, 0.3) is 0 Å². The van der Waals surface area contributed by atoms with Gasteiger partial charge in [-0.05, 0) is 50.4 Å². The molecule has 1 N–H and O–H groups in total. The Balaban J connectivity index is 1.52. The number of hydrogen-bond donors (Lipinski definition) is 1. The monoisotopic (exact) mass is 375 g/mol. The second kappa shape index (κ2) is 6.45. The van der Waals surface area contributed by atoms with Crippen molar-refractivity contribution < 1.29 is 27.8 Å². The summed E-state index contributed by atoms with van der Waals surface area (Å²) in [5.41, 5.74) is -1.44. The third-order valence-corrected chi connectivity index (χ3v) is 6.35. The molecule has 2 bridgehead atoms. The Morgan fingerprint density at radius 1 is 1.35 bits per heavy atom. The molecule has 0 radical (unpaired) electrons. The quantitative estimate of drug-likeness (QED) is 0.875. The first-order valence-electron chi connectivity index (χ1n) is 9.18. The first kappa shape index (κ1) is 18.2. The highest BCUT2D eigenvalue weighted by Crippen LogP contribution is 2.60. The van der Waals surface area contributed by atoms with Crippen LogP contribution in [0.2, 0.25) is 0 Å². The zero-order chi connectivity index (χ0) is 18.5. The highest BCUT2D eigenvalue weighted by molar-refractivity contribution is 5.10. The summed E-state index contributed by atoms with van der Waals surface area (Å²) in [4.78, 5) is 0. The predicted octanol–water partition coefficient (Wildman–Crippen LogP) is 2.41. The van der Waals surface area contributed by atoms with Crippen molar-refractivity contribution >= 4 is 0 Å². The van der Waals surface area contributed by atoms with Crippen LogP contribution in [-0.2, 0) is 21.4 Å². The van der Waals surface area contributed by atoms with E-state index in [9.17, 15) is 18.3 Å². The number of fused-ring (bicyclic) bond motifs is 2. The minimum atomic E-state index is -4.34. The SMILES string of the molecule is COC1OC(Cc2cn(C3(C(F)(F)F)CC4CCC3C4)nn2)CCC1O. The van der Waals surface area contributed by atoms with Gasteiger partial charge in [0, 0.05) is 19.7 Å². The number of methoxy groups -OCH3 is 1. The van der Waals surface area contributed by atoms with Crippen molar-refractivity contribution in [3.8, 4) is 0 Å². The fraction of sp³-hybridized carbons (Fsp3) is 0.882. The number of aliphatic hydroxyl groups excluding tert-OH is 1. The van der Waals surface area contributed by atoms with Gasteiger partial charge in [0.15, 0.2) is 11.8 Å². The summed E-state index contributed by atoms with van der Waals surface area (Å²) in [5, 5.41) is 17.7. The summed E-state index contributed by atoms with van der Waals surface area (Å²) < 4.78 is 53.8. The lowest BCUT2D eigenvalue weighted by molar-refractivity contribution is -0.235. The molecule has 1 aliphatic heterocycles. The van der Waals surface area contributed by atoms with E-state index in [0.717, 1.165) is 11.1 Å². The van der Waals surface area contributed by atoms with Gasteiger partial charge in [-0.15, -0.1) is 5.10 Å². The minimum Gasteiger partial charge on any atom is -0.388 e. The van der Waals surface area contributed by atoms with Crippen LogP contribution >= 0.6 is 0 Å². The molecule has 2 heterocycles. The molecule has 6 nitrogen and oxygen atoms in total. The van der Waals surface area contributed by atoms with Crippen LogP contribution in [-0.4, -0.2) is 51.9 Å². The maximum atomic E-state index is 14.0. The van der Waals surface area contributed by atoms with Gasteiger partial charge in [-0.2, -0.15) is 13.2 Å². The highest BCUT2D eigenvalue weighted by Gasteiger charge is 2.67. The summed E-state index contributed by atoms with van der Waals surface area (Å²) in [7, 11) is 1.45. The van der Waals surface area contributed by atoms with Gasteiger partial charge in [0.2, 0.25) is 0 Å². The van der Waals surface area contributed by atoms with Crippen molar-refractivity contribution in [1.82, 2.24) is 15.0 Å². The first-order chi connectivity index (χ1) is 12.3. The van der Waals surface area contributed by atoms with E-state index < -0.39 is 30.0 Å². The third kappa shape index (κ3) is 2.84. The minimum absolute atomic E-state index is 0.0990. The number of ether oxygens (including phenoxy) is 2. The largest absolute Gasteiger partial charge is 0.413 e. The lowest BCUT2D eigenvalue weighted by Crippen LogP contribution is -2.52. The van der Waals surface area contributed by atoms with Crippen LogP contribution in [0.1, 0.15) is 44.2 Å². The lowest BCUT2D eigenvalue weighted by atomic mass is 9.80. The first-order valence-corrected chi connectivity index (χ1v) is 9.18. The van der Waals surface area contributed by atoms with Crippen molar-refractivity contribution in [2.24, 2.45) is 11.8 Å². The number of aliphatic hydroxyl groups is 1. The highest BCUT2D eigenvalue weighted by atomic mass is 19.4. The maximum Gasteiger partial charge on any atom is 0.413 e. The van der Waals surface area contributed by atoms with Crippen molar-refractivity contribution in [2.45, 2.75) is 75.2 Å². The molecule has 3 aliphatic rings. The molecule has 2 aliphatic carbocycles. The van der Waals surface area contributed by atoms with E-state index in [0.29, 0.717) is 37.8 Å². The molecule has 2 saturated carbocycles. The number of rotatable bonds is 4. The lowest BCUT2D eigenvalue weighted by Gasteiger charge is -2.39. The van der Waals surface area contributed by atoms with E-state index in [1.54, 1.807) is 0 Å². The molecule has 26 heavy (non-hydrogen) atoms. The van der Waals surface area contributed by atoms with Crippen LogP contribution in [0, 0.1) is 11.8 Å². The van der Waals surface area contributed by atoms with Gasteiger partial charge in [0.25, 0.3) is 0 Å². The molecule has 9 heteroatoms. The third-order valence-electron chi connectivity index (χ3n) is 6.35. The van der Waals surface area contributed by atoms with E-state index in [1.165, 1.54) is 13.3 Å². The fourth-order valence-corrected chi connectivity index (χ4v) is 5.08. The van der Waals surface area contributed by atoms with E-state index in [2.05, 4.69) is 10.3 Å². The molecule has 0 spiro atoms. The maximum absolute atomic E-state index is 14.0. The Morgan fingerprint density at radius 2 is 2.15 bits per heavy atom. The normalized spacial score (nSPS) is 40.3. The number of halogens is 3. The Hall–Kier alpha value is -1.19. The number of aromatic nitrogens is 3. The van der Waals surface area contributed by atoms with Gasteiger partial charge in [0.05, 0.1) is 11.8 Å². The summed E-state index contributed by atoms with van der Waals surface area (Å²) in [6.07, 6.45) is -0.893. The summed E-state index contributed by atoms with van der Waals surface area (Å²) in [5.74, 6) is -0.291. The van der Waals surface area contributed by atoms with E-state index >= 15 is 0 Å². The number of nitrogens with zero attached hydrogens (tertiary/aromatic N) is 3. The predicted molar refractivity (Wildman–Crippen MR) is 84.1 cm³/mol. The van der Waals surface area contributed by atoms with Crippen molar-refractivity contribution in [2.75, 3.05) is 7.11 Å². The van der Waals surface area contributed by atoms with E-state index in [4.69, 9.17) is 9.47 Å². The van der Waals surface area contributed by atoms with Crippen LogP contribution in [0.3, 0.4) is 0 Å². The Bertz CT molecular complexity index is 653. The molecule has 4 rings (SSSR count).